The van der Waals surface area contributed by atoms with E-state index in [0.29, 0.717) is 0 Å². The van der Waals surface area contributed by atoms with Crippen LogP contribution in [0.4, 0.5) is 0 Å². The zero-order chi connectivity index (χ0) is 13.9. The Morgan fingerprint density at radius 3 is 1.78 bits per heavy atom. The Labute approximate surface area is 125 Å². The van der Waals surface area contributed by atoms with Crippen molar-refractivity contribution in [1.29, 1.82) is 0 Å². The van der Waals surface area contributed by atoms with Crippen molar-refractivity contribution in [2.45, 2.75) is 90.6 Å². The summed E-state index contributed by atoms with van der Waals surface area (Å²) >= 11 is 12.9. The molecule has 0 saturated heterocycles. The molecule has 110 valence electrons. The van der Waals surface area contributed by atoms with E-state index in [1.54, 1.807) is 0 Å². The standard InChI is InChI=1S/C15H32Cl2Si/c1-4-5-6-7-8-9-10-11-13-18(16,17)14-12-15(2)3/h15H,4-14H2,1-3H3. The molecule has 0 aromatic carbocycles. The van der Waals surface area contributed by atoms with Crippen LogP contribution in [-0.2, 0) is 0 Å². The Kier molecular flexibility index (Phi) is 12.1. The molecule has 0 amide bonds. The van der Waals surface area contributed by atoms with Crippen molar-refractivity contribution in [3.05, 3.63) is 0 Å². The quantitative estimate of drug-likeness (QED) is 0.205. The Bertz CT molecular complexity index is 181. The summed E-state index contributed by atoms with van der Waals surface area (Å²) in [4.78, 5) is 0. The number of rotatable bonds is 12. The zero-order valence-electron chi connectivity index (χ0n) is 12.6. The minimum absolute atomic E-state index is 0.730. The van der Waals surface area contributed by atoms with Crippen LogP contribution in [-0.4, -0.2) is 6.69 Å². The van der Waals surface area contributed by atoms with Crippen LogP contribution < -0.4 is 0 Å². The van der Waals surface area contributed by atoms with E-state index in [0.717, 1.165) is 18.0 Å². The van der Waals surface area contributed by atoms with Crippen LogP contribution in [0.25, 0.3) is 0 Å². The number of halogens is 2. The first kappa shape index (κ1) is 18.8. The first-order valence-corrected chi connectivity index (χ1v) is 12.3. The third-order valence-corrected chi connectivity index (χ3v) is 7.86. The highest BCUT2D eigenvalue weighted by Crippen LogP contribution is 2.31. The molecule has 0 nitrogen and oxygen atoms in total. The van der Waals surface area contributed by atoms with E-state index in [1.165, 1.54) is 57.8 Å². The van der Waals surface area contributed by atoms with Gasteiger partial charge in [-0.1, -0.05) is 78.6 Å². The lowest BCUT2D eigenvalue weighted by molar-refractivity contribution is 0.583. The molecule has 0 radical (unpaired) electrons. The van der Waals surface area contributed by atoms with E-state index in [1.807, 2.05) is 0 Å². The average Bonchev–Trinajstić information content (AvgIpc) is 2.30. The normalized spacial score (nSPS) is 12.3. The van der Waals surface area contributed by atoms with Crippen LogP contribution in [0.2, 0.25) is 12.1 Å². The molecule has 0 aliphatic carbocycles. The number of hydrogen-bond acceptors (Lipinski definition) is 0. The van der Waals surface area contributed by atoms with Crippen molar-refractivity contribution in [3.8, 4) is 0 Å². The first-order valence-electron chi connectivity index (χ1n) is 7.86. The van der Waals surface area contributed by atoms with Crippen LogP contribution >= 0.6 is 22.2 Å². The maximum Gasteiger partial charge on any atom is 0.251 e. The van der Waals surface area contributed by atoms with Crippen molar-refractivity contribution >= 4 is 28.9 Å². The summed E-state index contributed by atoms with van der Waals surface area (Å²) in [5.41, 5.74) is 0. The van der Waals surface area contributed by atoms with E-state index in [4.69, 9.17) is 22.2 Å². The van der Waals surface area contributed by atoms with Crippen LogP contribution in [0.3, 0.4) is 0 Å². The second kappa shape index (κ2) is 11.6. The highest BCUT2D eigenvalue weighted by molar-refractivity contribution is 7.45. The van der Waals surface area contributed by atoms with Gasteiger partial charge in [0.2, 0.25) is 0 Å². The minimum atomic E-state index is -1.90. The predicted molar refractivity (Wildman–Crippen MR) is 89.1 cm³/mol. The highest BCUT2D eigenvalue weighted by Gasteiger charge is 2.27. The fourth-order valence-electron chi connectivity index (χ4n) is 2.14. The van der Waals surface area contributed by atoms with Gasteiger partial charge in [0.25, 0.3) is 6.69 Å². The third-order valence-electron chi connectivity index (χ3n) is 3.48. The molecular formula is C15H32Cl2Si. The van der Waals surface area contributed by atoms with Gasteiger partial charge in [-0.25, -0.2) is 0 Å². The summed E-state index contributed by atoms with van der Waals surface area (Å²) in [6.45, 7) is 4.85. The van der Waals surface area contributed by atoms with Crippen molar-refractivity contribution < 1.29 is 0 Å². The van der Waals surface area contributed by atoms with Crippen molar-refractivity contribution in [2.24, 2.45) is 5.92 Å². The molecule has 0 aromatic heterocycles. The number of hydrogen-bond donors (Lipinski definition) is 0. The lowest BCUT2D eigenvalue weighted by atomic mass is 10.1. The molecule has 0 bridgehead atoms. The zero-order valence-corrected chi connectivity index (χ0v) is 15.1. The second-order valence-electron chi connectivity index (χ2n) is 6.01. The summed E-state index contributed by atoms with van der Waals surface area (Å²) < 4.78 is 0. The predicted octanol–water partition coefficient (Wildman–Crippen LogP) is 7.09. The maximum absolute atomic E-state index is 6.47. The third kappa shape index (κ3) is 13.2. The molecule has 18 heavy (non-hydrogen) atoms. The molecule has 0 unspecified atom stereocenters. The summed E-state index contributed by atoms with van der Waals surface area (Å²) in [5.74, 6) is 0.730. The molecule has 0 heterocycles. The first-order chi connectivity index (χ1) is 8.48. The Morgan fingerprint density at radius 1 is 0.778 bits per heavy atom. The van der Waals surface area contributed by atoms with Crippen LogP contribution in [0, 0.1) is 5.92 Å². The largest absolute Gasteiger partial charge is 0.251 e. The van der Waals surface area contributed by atoms with Gasteiger partial charge in [0.1, 0.15) is 0 Å². The molecule has 0 aliphatic rings. The molecular weight excluding hydrogens is 279 g/mol. The van der Waals surface area contributed by atoms with Crippen LogP contribution in [0.1, 0.15) is 78.6 Å². The van der Waals surface area contributed by atoms with Gasteiger partial charge in [-0.2, -0.15) is 0 Å². The second-order valence-corrected chi connectivity index (χ2v) is 13.6. The molecule has 0 aliphatic heterocycles. The van der Waals surface area contributed by atoms with Gasteiger partial charge < -0.3 is 0 Å². The van der Waals surface area contributed by atoms with E-state index in [-0.39, 0.29) is 0 Å². The lowest BCUT2D eigenvalue weighted by Crippen LogP contribution is -2.19. The summed E-state index contributed by atoms with van der Waals surface area (Å²) in [6, 6.07) is 2.17. The minimum Gasteiger partial charge on any atom is -0.146 e. The topological polar surface area (TPSA) is 0 Å². The average molecular weight is 311 g/mol. The fourth-order valence-corrected chi connectivity index (χ4v) is 5.62. The van der Waals surface area contributed by atoms with Gasteiger partial charge in [0.05, 0.1) is 0 Å². The fraction of sp³-hybridized carbons (Fsp3) is 1.00. The van der Waals surface area contributed by atoms with E-state index in [9.17, 15) is 0 Å². The van der Waals surface area contributed by atoms with Crippen LogP contribution in [0.15, 0.2) is 0 Å². The van der Waals surface area contributed by atoms with Gasteiger partial charge in [0.15, 0.2) is 0 Å². The van der Waals surface area contributed by atoms with Crippen molar-refractivity contribution in [1.82, 2.24) is 0 Å². The Morgan fingerprint density at radius 2 is 1.28 bits per heavy atom. The molecule has 0 spiro atoms. The van der Waals surface area contributed by atoms with Gasteiger partial charge in [-0.05, 0) is 18.0 Å². The molecule has 0 fully saturated rings. The Balaban J connectivity index is 3.35. The molecule has 0 saturated carbocycles. The highest BCUT2D eigenvalue weighted by atomic mass is 35.7. The smallest absolute Gasteiger partial charge is 0.146 e. The lowest BCUT2D eigenvalue weighted by Gasteiger charge is -2.17. The van der Waals surface area contributed by atoms with E-state index in [2.05, 4.69) is 20.8 Å². The summed E-state index contributed by atoms with van der Waals surface area (Å²) in [6.07, 6.45) is 12.1. The maximum atomic E-state index is 6.47. The van der Waals surface area contributed by atoms with E-state index < -0.39 is 6.69 Å². The summed E-state index contributed by atoms with van der Waals surface area (Å²) in [5, 5.41) is 0. The number of unbranched alkanes of at least 4 members (excludes halogenated alkanes) is 7. The van der Waals surface area contributed by atoms with Gasteiger partial charge in [-0.15, -0.1) is 22.2 Å². The molecule has 0 N–H and O–H groups in total. The van der Waals surface area contributed by atoms with Crippen molar-refractivity contribution in [3.63, 3.8) is 0 Å². The molecule has 0 atom stereocenters. The van der Waals surface area contributed by atoms with Gasteiger partial charge in [-0.3, -0.25) is 0 Å². The Hall–Kier alpha value is 0.797. The van der Waals surface area contributed by atoms with Crippen molar-refractivity contribution in [2.75, 3.05) is 0 Å². The monoisotopic (exact) mass is 310 g/mol. The van der Waals surface area contributed by atoms with Crippen LogP contribution in [0.5, 0.6) is 0 Å². The van der Waals surface area contributed by atoms with Gasteiger partial charge >= 0.3 is 0 Å². The molecule has 3 heteroatoms. The molecule has 0 aromatic rings. The SMILES string of the molecule is CCCCCCCCCC[Si](Cl)(Cl)CCC(C)C. The van der Waals surface area contributed by atoms with Gasteiger partial charge in [0, 0.05) is 0 Å². The summed E-state index contributed by atoms with van der Waals surface area (Å²) in [7, 11) is 0. The molecule has 0 rings (SSSR count). The van der Waals surface area contributed by atoms with E-state index >= 15 is 0 Å².